The molecule has 2 aliphatic rings. The van der Waals surface area contributed by atoms with Crippen LogP contribution >= 0.6 is 0 Å². The summed E-state index contributed by atoms with van der Waals surface area (Å²) in [5.74, 6) is 1.53. The topological polar surface area (TPSA) is 79.8 Å². The van der Waals surface area contributed by atoms with Gasteiger partial charge in [0.1, 0.15) is 0 Å². The van der Waals surface area contributed by atoms with Crippen molar-refractivity contribution in [3.63, 3.8) is 0 Å². The van der Waals surface area contributed by atoms with Crippen LogP contribution in [0.3, 0.4) is 0 Å². The second-order valence-electron chi connectivity index (χ2n) is 7.02. The number of sulfone groups is 1. The fraction of sp³-hybridized carbons (Fsp3) is 0.933. The molecule has 2 saturated heterocycles. The standard InChI is InChI=1S/C15H29N3O3S/c1-12(2)18-14(17-11-15(3)6-4-7-21-15)16-9-13-5-8-22(19,20)10-13/h12-13H,4-11H2,1-3H3,(H2,16,17,18). The number of hydrogen-bond donors (Lipinski definition) is 2. The molecule has 2 aliphatic heterocycles. The maximum Gasteiger partial charge on any atom is 0.191 e. The highest BCUT2D eigenvalue weighted by Crippen LogP contribution is 2.25. The SMILES string of the molecule is CC(C)NC(=NCC1(C)CCCO1)NCC1CCS(=O)(=O)C1. The second kappa shape index (κ2) is 7.17. The number of hydrogen-bond acceptors (Lipinski definition) is 4. The predicted octanol–water partition coefficient (Wildman–Crippen LogP) is 0.934. The largest absolute Gasteiger partial charge is 0.373 e. The first-order valence-corrected chi connectivity index (χ1v) is 9.99. The molecule has 0 aromatic rings. The molecule has 0 aromatic carbocycles. The highest BCUT2D eigenvalue weighted by Gasteiger charge is 2.30. The molecule has 0 bridgehead atoms. The normalized spacial score (nSPS) is 31.6. The molecule has 0 aliphatic carbocycles. The third kappa shape index (κ3) is 5.43. The molecular formula is C15H29N3O3S. The minimum absolute atomic E-state index is 0.164. The van der Waals surface area contributed by atoms with Crippen molar-refractivity contribution in [1.82, 2.24) is 10.6 Å². The van der Waals surface area contributed by atoms with Gasteiger partial charge in [0.15, 0.2) is 15.8 Å². The zero-order valence-corrected chi connectivity index (χ0v) is 14.7. The van der Waals surface area contributed by atoms with Crippen LogP contribution in [0.25, 0.3) is 0 Å². The monoisotopic (exact) mass is 331 g/mol. The molecule has 0 radical (unpaired) electrons. The Labute approximate surface area is 134 Å². The molecule has 0 spiro atoms. The van der Waals surface area contributed by atoms with Crippen LogP contribution in [0.15, 0.2) is 4.99 Å². The van der Waals surface area contributed by atoms with E-state index in [1.165, 1.54) is 0 Å². The molecule has 2 N–H and O–H groups in total. The number of aliphatic imine (C=N–C) groups is 1. The quantitative estimate of drug-likeness (QED) is 0.579. The summed E-state index contributed by atoms with van der Waals surface area (Å²) >= 11 is 0. The van der Waals surface area contributed by atoms with Crippen molar-refractivity contribution in [3.8, 4) is 0 Å². The van der Waals surface area contributed by atoms with Crippen molar-refractivity contribution < 1.29 is 13.2 Å². The van der Waals surface area contributed by atoms with Gasteiger partial charge in [0.25, 0.3) is 0 Å². The number of guanidine groups is 1. The van der Waals surface area contributed by atoms with Crippen LogP contribution in [0.4, 0.5) is 0 Å². The lowest BCUT2D eigenvalue weighted by Crippen LogP contribution is -2.44. The van der Waals surface area contributed by atoms with E-state index in [1.54, 1.807) is 0 Å². The summed E-state index contributed by atoms with van der Waals surface area (Å²) in [6, 6.07) is 0.274. The molecule has 0 amide bonds. The average Bonchev–Trinajstić information content (AvgIpc) is 2.99. The Morgan fingerprint density at radius 2 is 2.23 bits per heavy atom. The van der Waals surface area contributed by atoms with Crippen molar-refractivity contribution in [2.75, 3.05) is 31.2 Å². The van der Waals surface area contributed by atoms with E-state index < -0.39 is 9.84 Å². The summed E-state index contributed by atoms with van der Waals surface area (Å²) in [5, 5.41) is 6.59. The van der Waals surface area contributed by atoms with Crippen molar-refractivity contribution >= 4 is 15.8 Å². The lowest BCUT2D eigenvalue weighted by atomic mass is 10.0. The van der Waals surface area contributed by atoms with Gasteiger partial charge in [0.05, 0.1) is 23.7 Å². The number of rotatable bonds is 5. The maximum atomic E-state index is 11.5. The minimum atomic E-state index is -2.82. The van der Waals surface area contributed by atoms with Crippen molar-refractivity contribution in [2.45, 2.75) is 51.7 Å². The van der Waals surface area contributed by atoms with Gasteiger partial charge < -0.3 is 15.4 Å². The van der Waals surface area contributed by atoms with E-state index in [9.17, 15) is 8.42 Å². The molecule has 22 heavy (non-hydrogen) atoms. The van der Waals surface area contributed by atoms with Crippen LogP contribution in [-0.4, -0.2) is 57.2 Å². The van der Waals surface area contributed by atoms with Crippen molar-refractivity contribution in [2.24, 2.45) is 10.9 Å². The van der Waals surface area contributed by atoms with Crippen LogP contribution in [-0.2, 0) is 14.6 Å². The van der Waals surface area contributed by atoms with Crippen LogP contribution in [0, 0.1) is 5.92 Å². The molecule has 2 rings (SSSR count). The first-order chi connectivity index (χ1) is 10.3. The first kappa shape index (κ1) is 17.5. The summed E-state index contributed by atoms with van der Waals surface area (Å²) in [6.45, 7) is 8.30. The molecule has 0 saturated carbocycles. The smallest absolute Gasteiger partial charge is 0.191 e. The van der Waals surface area contributed by atoms with E-state index in [0.29, 0.717) is 18.8 Å². The molecular weight excluding hydrogens is 302 g/mol. The molecule has 2 fully saturated rings. The summed E-state index contributed by atoms with van der Waals surface area (Å²) in [4.78, 5) is 4.63. The Hall–Kier alpha value is -0.820. The van der Waals surface area contributed by atoms with Gasteiger partial charge in [-0.3, -0.25) is 4.99 Å². The average molecular weight is 331 g/mol. The van der Waals surface area contributed by atoms with E-state index in [2.05, 4.69) is 36.4 Å². The van der Waals surface area contributed by atoms with E-state index >= 15 is 0 Å². The summed E-state index contributed by atoms with van der Waals surface area (Å²) in [5.41, 5.74) is -0.164. The molecule has 2 atom stereocenters. The lowest BCUT2D eigenvalue weighted by molar-refractivity contribution is 0.0283. The highest BCUT2D eigenvalue weighted by atomic mass is 32.2. The van der Waals surface area contributed by atoms with E-state index in [-0.39, 0.29) is 23.3 Å². The third-order valence-electron chi connectivity index (χ3n) is 4.18. The molecule has 2 unspecified atom stereocenters. The van der Waals surface area contributed by atoms with Gasteiger partial charge in [0, 0.05) is 19.2 Å². The molecule has 2 heterocycles. The number of ether oxygens (including phenoxy) is 1. The van der Waals surface area contributed by atoms with Crippen molar-refractivity contribution in [1.29, 1.82) is 0 Å². The van der Waals surface area contributed by atoms with Crippen LogP contribution in [0.1, 0.15) is 40.0 Å². The van der Waals surface area contributed by atoms with Crippen LogP contribution < -0.4 is 10.6 Å². The Bertz CT molecular complexity index is 496. The Balaban J connectivity index is 1.88. The van der Waals surface area contributed by atoms with E-state index in [4.69, 9.17) is 4.74 Å². The fourth-order valence-corrected chi connectivity index (χ4v) is 4.77. The Kier molecular flexibility index (Phi) is 5.71. The molecule has 7 heteroatoms. The van der Waals surface area contributed by atoms with Gasteiger partial charge in [0.2, 0.25) is 0 Å². The van der Waals surface area contributed by atoms with Gasteiger partial charge in [-0.25, -0.2) is 8.42 Å². The lowest BCUT2D eigenvalue weighted by Gasteiger charge is -2.23. The molecule has 128 valence electrons. The second-order valence-corrected chi connectivity index (χ2v) is 9.24. The third-order valence-corrected chi connectivity index (χ3v) is 6.02. The van der Waals surface area contributed by atoms with E-state index in [0.717, 1.165) is 31.8 Å². The molecule has 0 aromatic heterocycles. The van der Waals surface area contributed by atoms with Gasteiger partial charge in [-0.05, 0) is 46.0 Å². The fourth-order valence-electron chi connectivity index (χ4n) is 2.91. The zero-order chi connectivity index (χ0) is 16.2. The highest BCUT2D eigenvalue weighted by molar-refractivity contribution is 7.91. The maximum absolute atomic E-state index is 11.5. The van der Waals surface area contributed by atoms with Gasteiger partial charge in [-0.2, -0.15) is 0 Å². The first-order valence-electron chi connectivity index (χ1n) is 8.17. The van der Waals surface area contributed by atoms with E-state index in [1.807, 2.05) is 0 Å². The van der Waals surface area contributed by atoms with Gasteiger partial charge >= 0.3 is 0 Å². The summed E-state index contributed by atoms with van der Waals surface area (Å²) in [6.07, 6.45) is 2.86. The zero-order valence-electron chi connectivity index (χ0n) is 13.9. The van der Waals surface area contributed by atoms with Crippen molar-refractivity contribution in [3.05, 3.63) is 0 Å². The number of nitrogens with one attached hydrogen (secondary N) is 2. The van der Waals surface area contributed by atoms with Crippen LogP contribution in [0.2, 0.25) is 0 Å². The number of nitrogens with zero attached hydrogens (tertiary/aromatic N) is 1. The summed E-state index contributed by atoms with van der Waals surface area (Å²) in [7, 11) is -2.82. The minimum Gasteiger partial charge on any atom is -0.373 e. The van der Waals surface area contributed by atoms with Gasteiger partial charge in [-0.15, -0.1) is 0 Å². The Morgan fingerprint density at radius 1 is 1.45 bits per heavy atom. The predicted molar refractivity (Wildman–Crippen MR) is 88.9 cm³/mol. The van der Waals surface area contributed by atoms with Crippen LogP contribution in [0.5, 0.6) is 0 Å². The van der Waals surface area contributed by atoms with Gasteiger partial charge in [-0.1, -0.05) is 0 Å². The molecule has 6 nitrogen and oxygen atoms in total. The summed E-state index contributed by atoms with van der Waals surface area (Å²) < 4.78 is 28.8. The Morgan fingerprint density at radius 3 is 2.77 bits per heavy atom.